The molecule has 2 bridgehead atoms. The van der Waals surface area contributed by atoms with Crippen LogP contribution in [-0.4, -0.2) is 69.9 Å². The molecule has 206 valence electrons. The average Bonchev–Trinajstić information content (AvgIpc) is 3.42. The minimum atomic E-state index is -4.54. The highest BCUT2D eigenvalue weighted by Crippen LogP contribution is 2.43. The quantitative estimate of drug-likeness (QED) is 0.416. The van der Waals surface area contributed by atoms with Crippen LogP contribution in [0, 0.1) is 0 Å². The molecule has 1 saturated heterocycles. The number of hydroxylamine groups is 1. The topological polar surface area (TPSA) is 99.6 Å². The molecule has 3 aliphatic heterocycles. The highest BCUT2D eigenvalue weighted by Gasteiger charge is 2.50. The molecule has 1 atom stereocenters. The molecule has 38 heavy (non-hydrogen) atoms. The first kappa shape index (κ1) is 27.4. The lowest BCUT2D eigenvalue weighted by Gasteiger charge is -2.36. The van der Waals surface area contributed by atoms with Crippen LogP contribution in [0.25, 0.3) is 0 Å². The SMILES string of the molecule is COc1cc(NC23N=CC(C)=C(NO2)N3c2ccc3c(c2)NCO3)cc(C(F)(F)F)c1.C[N+](C)(C)CCO. The van der Waals surface area contributed by atoms with Gasteiger partial charge in [0.15, 0.2) is 6.73 Å². The number of anilines is 3. The molecular weight excluding hydrogens is 505 g/mol. The molecule has 0 saturated carbocycles. The summed E-state index contributed by atoms with van der Waals surface area (Å²) in [4.78, 5) is 12.0. The van der Waals surface area contributed by atoms with Gasteiger partial charge < -0.3 is 29.7 Å². The van der Waals surface area contributed by atoms with Gasteiger partial charge in [-0.05, 0) is 37.3 Å². The Balaban J connectivity index is 0.000000426. The first-order valence-electron chi connectivity index (χ1n) is 11.8. The summed E-state index contributed by atoms with van der Waals surface area (Å²) >= 11 is 0. The summed E-state index contributed by atoms with van der Waals surface area (Å²) in [6.45, 7) is 3.32. The predicted molar refractivity (Wildman–Crippen MR) is 138 cm³/mol. The average molecular weight is 538 g/mol. The van der Waals surface area contributed by atoms with Crippen LogP contribution in [0.1, 0.15) is 12.5 Å². The van der Waals surface area contributed by atoms with Crippen molar-refractivity contribution in [1.82, 2.24) is 5.48 Å². The third-order valence-electron chi connectivity index (χ3n) is 5.88. The minimum absolute atomic E-state index is 0.0526. The van der Waals surface area contributed by atoms with Crippen molar-refractivity contribution in [1.29, 1.82) is 0 Å². The fourth-order valence-electron chi connectivity index (χ4n) is 3.92. The van der Waals surface area contributed by atoms with Crippen molar-refractivity contribution < 1.29 is 37.1 Å². The van der Waals surface area contributed by atoms with Crippen LogP contribution in [0.4, 0.5) is 30.2 Å². The maximum absolute atomic E-state index is 13.4. The van der Waals surface area contributed by atoms with E-state index in [1.54, 1.807) is 17.2 Å². The van der Waals surface area contributed by atoms with Gasteiger partial charge >= 0.3 is 12.1 Å². The zero-order valence-corrected chi connectivity index (χ0v) is 21.8. The summed E-state index contributed by atoms with van der Waals surface area (Å²) in [5, 5.41) is 14.5. The number of quaternary nitrogens is 1. The molecule has 4 N–H and O–H groups in total. The van der Waals surface area contributed by atoms with E-state index < -0.39 is 17.7 Å². The maximum atomic E-state index is 13.4. The van der Waals surface area contributed by atoms with Gasteiger partial charge in [0.1, 0.15) is 23.9 Å². The highest BCUT2D eigenvalue weighted by molar-refractivity contribution is 5.85. The smallest absolute Gasteiger partial charge is 0.416 e. The van der Waals surface area contributed by atoms with Crippen LogP contribution >= 0.6 is 0 Å². The predicted octanol–water partition coefficient (Wildman–Crippen LogP) is 3.54. The molecule has 10 nitrogen and oxygen atoms in total. The molecule has 3 aliphatic rings. The summed E-state index contributed by atoms with van der Waals surface area (Å²) in [7, 11) is 7.46. The second-order valence-corrected chi connectivity index (χ2v) is 9.89. The maximum Gasteiger partial charge on any atom is 0.416 e. The van der Waals surface area contributed by atoms with Crippen LogP contribution < -0.4 is 30.5 Å². The second-order valence-electron chi connectivity index (χ2n) is 9.89. The van der Waals surface area contributed by atoms with E-state index in [1.165, 1.54) is 13.2 Å². The number of hydrogen-bond acceptors (Lipinski definition) is 9. The number of hydrogen-bond donors (Lipinski definition) is 4. The minimum Gasteiger partial charge on any atom is -0.497 e. The number of rotatable bonds is 6. The van der Waals surface area contributed by atoms with E-state index in [-0.39, 0.29) is 18.0 Å². The van der Waals surface area contributed by atoms with Crippen molar-refractivity contribution in [3.8, 4) is 11.5 Å². The largest absolute Gasteiger partial charge is 0.497 e. The van der Waals surface area contributed by atoms with Crippen molar-refractivity contribution in [3.63, 3.8) is 0 Å². The van der Waals surface area contributed by atoms with Crippen LogP contribution in [0.15, 0.2) is 52.8 Å². The van der Waals surface area contributed by atoms with E-state index in [0.717, 1.165) is 34.4 Å². The van der Waals surface area contributed by atoms with E-state index in [1.807, 2.05) is 19.1 Å². The summed E-state index contributed by atoms with van der Waals surface area (Å²) in [6, 6.07) is 8.84. The van der Waals surface area contributed by atoms with Gasteiger partial charge in [-0.2, -0.15) is 13.2 Å². The Morgan fingerprint density at radius 1 is 1.21 bits per heavy atom. The first-order valence-corrected chi connectivity index (χ1v) is 11.8. The number of halogens is 3. The molecule has 0 radical (unpaired) electrons. The van der Waals surface area contributed by atoms with Gasteiger partial charge in [0, 0.05) is 23.5 Å². The number of aliphatic hydroxyl groups excluding tert-OH is 1. The number of methoxy groups -OCH3 is 1. The Bertz CT molecular complexity index is 1240. The summed E-state index contributed by atoms with van der Waals surface area (Å²) in [5.74, 6) is -0.171. The molecule has 2 aromatic carbocycles. The van der Waals surface area contributed by atoms with Gasteiger partial charge in [-0.25, -0.2) is 15.3 Å². The number of likely N-dealkylation sites (N-methyl/N-ethyl adjacent to an activating group) is 1. The molecular formula is C25H32F3N6O4+. The van der Waals surface area contributed by atoms with E-state index in [9.17, 15) is 13.2 Å². The van der Waals surface area contributed by atoms with E-state index in [2.05, 4.69) is 42.2 Å². The van der Waals surface area contributed by atoms with Crippen molar-refractivity contribution in [2.24, 2.45) is 4.99 Å². The van der Waals surface area contributed by atoms with Gasteiger partial charge in [-0.15, -0.1) is 0 Å². The molecule has 2 aromatic rings. The molecule has 5 rings (SSSR count). The fourth-order valence-corrected chi connectivity index (χ4v) is 3.92. The standard InChI is InChI=1S/C20H18F3N5O3.C5H14NO/c1-11-9-25-20(26-13-5-12(19(21,22)23)6-15(7-13)29-2)28(18(11)27-31-20)14-3-4-17-16(8-14)24-10-30-17;1-6(2,3)4-5-7/h3-9,24,26-27H,10H2,1-2H3;7H,4-5H2,1-3H3/q;+1. The Kier molecular flexibility index (Phi) is 7.37. The van der Waals surface area contributed by atoms with E-state index >= 15 is 0 Å². The monoisotopic (exact) mass is 537 g/mol. The van der Waals surface area contributed by atoms with E-state index in [4.69, 9.17) is 19.4 Å². The van der Waals surface area contributed by atoms with Crippen LogP contribution in [-0.2, 0) is 11.0 Å². The first-order chi connectivity index (χ1) is 17.8. The number of ether oxygens (including phenoxy) is 2. The van der Waals surface area contributed by atoms with Crippen LogP contribution in [0.2, 0.25) is 0 Å². The van der Waals surface area contributed by atoms with Crippen molar-refractivity contribution in [2.75, 3.05) is 63.7 Å². The van der Waals surface area contributed by atoms with Gasteiger partial charge in [0.25, 0.3) is 0 Å². The lowest BCUT2D eigenvalue weighted by Crippen LogP contribution is -2.51. The number of benzene rings is 2. The lowest BCUT2D eigenvalue weighted by molar-refractivity contribution is -0.870. The van der Waals surface area contributed by atoms with Crippen molar-refractivity contribution >= 4 is 23.3 Å². The third kappa shape index (κ3) is 5.74. The fraction of sp³-hybridized carbons (Fsp3) is 0.400. The zero-order valence-electron chi connectivity index (χ0n) is 21.8. The number of aliphatic hydroxyl groups is 1. The Morgan fingerprint density at radius 3 is 2.61 bits per heavy atom. The Morgan fingerprint density at radius 2 is 1.97 bits per heavy atom. The van der Waals surface area contributed by atoms with Gasteiger partial charge in [0.2, 0.25) is 0 Å². The van der Waals surface area contributed by atoms with Crippen LogP contribution in [0.3, 0.4) is 0 Å². The van der Waals surface area contributed by atoms with Crippen molar-refractivity contribution in [3.05, 3.63) is 53.4 Å². The summed E-state index contributed by atoms with van der Waals surface area (Å²) < 4.78 is 51.5. The Hall–Kier alpha value is -3.68. The number of fused-ring (bicyclic) bond motifs is 3. The van der Waals surface area contributed by atoms with Gasteiger partial charge in [0.05, 0.1) is 51.8 Å². The Labute approximate surface area is 218 Å². The van der Waals surface area contributed by atoms with Crippen LogP contribution in [0.5, 0.6) is 11.5 Å². The molecule has 0 aliphatic carbocycles. The number of allylic oxidation sites excluding steroid dienone is 1. The number of aliphatic imine (C=N–C) groups is 1. The van der Waals surface area contributed by atoms with Gasteiger partial charge in [-0.1, -0.05) is 0 Å². The second kappa shape index (κ2) is 10.2. The number of nitrogens with one attached hydrogen (secondary N) is 3. The van der Waals surface area contributed by atoms with Crippen molar-refractivity contribution in [2.45, 2.75) is 19.1 Å². The van der Waals surface area contributed by atoms with E-state index in [0.29, 0.717) is 24.0 Å². The zero-order chi connectivity index (χ0) is 27.7. The number of alkyl halides is 3. The molecule has 13 heteroatoms. The molecule has 1 unspecified atom stereocenters. The summed E-state index contributed by atoms with van der Waals surface area (Å²) in [5.41, 5.74) is 4.38. The normalized spacial score (nSPS) is 19.7. The lowest BCUT2D eigenvalue weighted by atomic mass is 10.1. The third-order valence-corrected chi connectivity index (χ3v) is 5.88. The molecule has 1 fully saturated rings. The summed E-state index contributed by atoms with van der Waals surface area (Å²) in [6.07, 6.45) is -2.95. The molecule has 0 amide bonds. The number of nitrogens with zero attached hydrogens (tertiary/aromatic N) is 3. The molecule has 0 aromatic heterocycles. The van der Waals surface area contributed by atoms with Gasteiger partial charge in [-0.3, -0.25) is 4.90 Å². The highest BCUT2D eigenvalue weighted by atomic mass is 19.4. The molecule has 0 spiro atoms. The molecule has 3 heterocycles.